The van der Waals surface area contributed by atoms with Crippen LogP contribution in [0.25, 0.3) is 11.1 Å². The quantitative estimate of drug-likeness (QED) is 0.764. The van der Waals surface area contributed by atoms with E-state index in [4.69, 9.17) is 10.5 Å². The lowest BCUT2D eigenvalue weighted by Crippen LogP contribution is -2.08. The highest BCUT2D eigenvalue weighted by Crippen LogP contribution is 2.32. The molecule has 1 aliphatic rings. The van der Waals surface area contributed by atoms with Gasteiger partial charge in [0.1, 0.15) is 11.6 Å². The van der Waals surface area contributed by atoms with Crippen LogP contribution in [0.5, 0.6) is 5.75 Å². The van der Waals surface area contributed by atoms with Gasteiger partial charge in [-0.05, 0) is 30.0 Å². The first kappa shape index (κ1) is 9.27. The fraction of sp³-hybridized carbons (Fsp3) is 0.250. The van der Waals surface area contributed by atoms with Gasteiger partial charge in [-0.25, -0.2) is 0 Å². The van der Waals surface area contributed by atoms with Gasteiger partial charge in [0.2, 0.25) is 0 Å². The minimum Gasteiger partial charge on any atom is -0.493 e. The van der Waals surface area contributed by atoms with E-state index >= 15 is 0 Å². The van der Waals surface area contributed by atoms with Gasteiger partial charge in [-0.1, -0.05) is 12.1 Å². The van der Waals surface area contributed by atoms with Gasteiger partial charge in [-0.3, -0.25) is 5.10 Å². The maximum atomic E-state index is 5.79. The monoisotopic (exact) mass is 215 g/mol. The third kappa shape index (κ3) is 1.43. The number of nitrogens with zero attached hydrogens (tertiary/aromatic N) is 1. The van der Waals surface area contributed by atoms with Crippen LogP contribution >= 0.6 is 0 Å². The van der Waals surface area contributed by atoms with Crippen LogP contribution in [0.1, 0.15) is 12.0 Å². The second kappa shape index (κ2) is 3.56. The Labute approximate surface area is 93.4 Å². The summed E-state index contributed by atoms with van der Waals surface area (Å²) in [7, 11) is 0. The topological polar surface area (TPSA) is 63.9 Å². The molecule has 0 atom stereocenters. The molecule has 1 aromatic carbocycles. The number of H-pyrrole nitrogens is 1. The molecule has 1 aromatic heterocycles. The van der Waals surface area contributed by atoms with Crippen molar-refractivity contribution in [2.24, 2.45) is 0 Å². The third-order valence-corrected chi connectivity index (χ3v) is 2.90. The number of hydrogen-bond donors (Lipinski definition) is 2. The van der Waals surface area contributed by atoms with E-state index in [1.165, 1.54) is 5.56 Å². The molecular formula is C12H13N3O. The molecule has 0 spiro atoms. The molecule has 4 nitrogen and oxygen atoms in total. The first-order valence-electron chi connectivity index (χ1n) is 5.39. The van der Waals surface area contributed by atoms with Gasteiger partial charge in [0.05, 0.1) is 12.8 Å². The molecule has 2 heterocycles. The van der Waals surface area contributed by atoms with Crippen molar-refractivity contribution in [2.75, 3.05) is 12.3 Å². The molecule has 0 unspecified atom stereocenters. The Morgan fingerprint density at radius 3 is 3.12 bits per heavy atom. The summed E-state index contributed by atoms with van der Waals surface area (Å²) in [6.45, 7) is 0.803. The number of nitrogens with one attached hydrogen (secondary N) is 1. The van der Waals surface area contributed by atoms with Gasteiger partial charge in [-0.2, -0.15) is 5.10 Å². The Hall–Kier alpha value is -1.97. The van der Waals surface area contributed by atoms with E-state index in [1.54, 1.807) is 6.20 Å². The normalized spacial score (nSPS) is 14.2. The fourth-order valence-corrected chi connectivity index (χ4v) is 2.03. The van der Waals surface area contributed by atoms with Gasteiger partial charge >= 0.3 is 0 Å². The summed E-state index contributed by atoms with van der Waals surface area (Å²) in [6.07, 6.45) is 3.93. The van der Waals surface area contributed by atoms with Crippen LogP contribution in [0, 0.1) is 0 Å². The molecule has 0 aliphatic carbocycles. The van der Waals surface area contributed by atoms with Crippen LogP contribution in [0.15, 0.2) is 24.4 Å². The molecule has 0 saturated carbocycles. The highest BCUT2D eigenvalue weighted by atomic mass is 16.5. The van der Waals surface area contributed by atoms with E-state index in [-0.39, 0.29) is 0 Å². The van der Waals surface area contributed by atoms with Crippen LogP contribution in [0.3, 0.4) is 0 Å². The smallest absolute Gasteiger partial charge is 0.126 e. The van der Waals surface area contributed by atoms with Crippen molar-refractivity contribution in [1.29, 1.82) is 0 Å². The van der Waals surface area contributed by atoms with E-state index in [1.807, 2.05) is 6.07 Å². The Balaban J connectivity index is 2.06. The molecule has 0 radical (unpaired) electrons. The molecule has 16 heavy (non-hydrogen) atoms. The van der Waals surface area contributed by atoms with E-state index in [0.717, 1.165) is 36.3 Å². The predicted octanol–water partition coefficient (Wildman–Crippen LogP) is 1.98. The summed E-state index contributed by atoms with van der Waals surface area (Å²) in [5.41, 5.74) is 9.04. The van der Waals surface area contributed by atoms with Crippen molar-refractivity contribution in [3.63, 3.8) is 0 Å². The van der Waals surface area contributed by atoms with Crippen LogP contribution in [-0.4, -0.2) is 16.8 Å². The number of aromatic nitrogens is 2. The lowest BCUT2D eigenvalue weighted by molar-refractivity contribution is 0.288. The van der Waals surface area contributed by atoms with Crippen molar-refractivity contribution in [1.82, 2.24) is 10.2 Å². The molecule has 0 fully saturated rings. The molecule has 1 aliphatic heterocycles. The molecular weight excluding hydrogens is 202 g/mol. The van der Waals surface area contributed by atoms with Crippen LogP contribution in [-0.2, 0) is 6.42 Å². The van der Waals surface area contributed by atoms with Crippen LogP contribution in [0.2, 0.25) is 0 Å². The van der Waals surface area contributed by atoms with Gasteiger partial charge in [-0.15, -0.1) is 0 Å². The Morgan fingerprint density at radius 1 is 1.38 bits per heavy atom. The maximum Gasteiger partial charge on any atom is 0.126 e. The lowest BCUT2D eigenvalue weighted by Gasteiger charge is -2.17. The minimum absolute atomic E-state index is 0.593. The number of benzene rings is 1. The highest BCUT2D eigenvalue weighted by molar-refractivity contribution is 5.74. The second-order valence-corrected chi connectivity index (χ2v) is 3.97. The average Bonchev–Trinajstić information content (AvgIpc) is 2.75. The molecule has 0 saturated heterocycles. The zero-order chi connectivity index (χ0) is 11.0. The first-order chi connectivity index (χ1) is 7.84. The summed E-state index contributed by atoms with van der Waals surface area (Å²) in [6, 6.07) is 6.21. The van der Waals surface area contributed by atoms with Gasteiger partial charge < -0.3 is 10.5 Å². The number of anilines is 1. The summed E-state index contributed by atoms with van der Waals surface area (Å²) in [5, 5.41) is 6.65. The van der Waals surface area contributed by atoms with Crippen LogP contribution in [0.4, 0.5) is 5.82 Å². The number of hydrogen-bond acceptors (Lipinski definition) is 3. The second-order valence-electron chi connectivity index (χ2n) is 3.97. The molecule has 0 bridgehead atoms. The predicted molar refractivity (Wildman–Crippen MR) is 62.3 cm³/mol. The van der Waals surface area contributed by atoms with Crippen LogP contribution < -0.4 is 10.5 Å². The highest BCUT2D eigenvalue weighted by Gasteiger charge is 2.12. The van der Waals surface area contributed by atoms with E-state index in [2.05, 4.69) is 22.3 Å². The summed E-state index contributed by atoms with van der Waals surface area (Å²) < 4.78 is 5.63. The van der Waals surface area contributed by atoms with E-state index in [0.29, 0.717) is 5.82 Å². The van der Waals surface area contributed by atoms with Crippen molar-refractivity contribution in [2.45, 2.75) is 12.8 Å². The number of ether oxygens (including phenoxy) is 1. The molecule has 82 valence electrons. The Bertz CT molecular complexity index is 519. The maximum absolute atomic E-state index is 5.79. The lowest BCUT2D eigenvalue weighted by atomic mass is 10.0. The molecule has 3 rings (SSSR count). The van der Waals surface area contributed by atoms with Gasteiger partial charge in [0.25, 0.3) is 0 Å². The Morgan fingerprint density at radius 2 is 2.31 bits per heavy atom. The fourth-order valence-electron chi connectivity index (χ4n) is 2.03. The number of rotatable bonds is 1. The summed E-state index contributed by atoms with van der Waals surface area (Å²) in [5.74, 6) is 1.57. The molecule has 4 heteroatoms. The average molecular weight is 215 g/mol. The standard InChI is InChI=1S/C12H13N3O/c13-12-10(7-14-15-12)9-4-3-8-2-1-5-16-11(8)6-9/h3-4,6-7H,1-2,5H2,(H3,13,14,15). The number of aryl methyl sites for hydroxylation is 1. The molecule has 2 aromatic rings. The summed E-state index contributed by atoms with van der Waals surface area (Å²) >= 11 is 0. The molecule has 0 amide bonds. The SMILES string of the molecule is Nc1[nH]ncc1-c1ccc2c(c1)OCCC2. The van der Waals surface area contributed by atoms with E-state index < -0.39 is 0 Å². The number of nitrogens with two attached hydrogens (primary N) is 1. The zero-order valence-electron chi connectivity index (χ0n) is 8.86. The van der Waals surface area contributed by atoms with Crippen molar-refractivity contribution in [3.8, 4) is 16.9 Å². The van der Waals surface area contributed by atoms with Gasteiger partial charge in [0.15, 0.2) is 0 Å². The van der Waals surface area contributed by atoms with Crippen molar-refractivity contribution < 1.29 is 4.74 Å². The number of aromatic amines is 1. The largest absolute Gasteiger partial charge is 0.493 e. The van der Waals surface area contributed by atoms with E-state index in [9.17, 15) is 0 Å². The molecule has 3 N–H and O–H groups in total. The van der Waals surface area contributed by atoms with Gasteiger partial charge in [0, 0.05) is 5.56 Å². The Kier molecular flexibility index (Phi) is 2.06. The van der Waals surface area contributed by atoms with Crippen molar-refractivity contribution >= 4 is 5.82 Å². The van der Waals surface area contributed by atoms with Crippen molar-refractivity contribution in [3.05, 3.63) is 30.0 Å². The number of fused-ring (bicyclic) bond motifs is 1. The zero-order valence-corrected chi connectivity index (χ0v) is 8.86. The third-order valence-electron chi connectivity index (χ3n) is 2.90. The summed E-state index contributed by atoms with van der Waals surface area (Å²) in [4.78, 5) is 0. The first-order valence-corrected chi connectivity index (χ1v) is 5.39. The minimum atomic E-state index is 0.593. The number of nitrogen functional groups attached to an aromatic ring is 1.